The van der Waals surface area contributed by atoms with Gasteiger partial charge in [-0.05, 0) is 37.3 Å². The third-order valence-electron chi connectivity index (χ3n) is 2.68. The van der Waals surface area contributed by atoms with Crippen LogP contribution in [0.5, 0.6) is 5.75 Å². The first-order valence-electron chi connectivity index (χ1n) is 6.04. The number of nitrogens with zero attached hydrogens (tertiary/aromatic N) is 2. The molecule has 1 heterocycles. The molecule has 0 spiro atoms. The van der Waals surface area contributed by atoms with Gasteiger partial charge < -0.3 is 10.5 Å². The molecule has 4 heteroatoms. The number of nitrogens with two attached hydrogens (primary N) is 1. The lowest BCUT2D eigenvalue weighted by atomic mass is 10.1. The quantitative estimate of drug-likeness (QED) is 0.908. The maximum absolute atomic E-state index is 8.88. The lowest BCUT2D eigenvalue weighted by Crippen LogP contribution is -2.29. The highest BCUT2D eigenvalue weighted by molar-refractivity contribution is 5.36. The van der Waals surface area contributed by atoms with E-state index >= 15 is 0 Å². The van der Waals surface area contributed by atoms with Crippen LogP contribution in [0.25, 0.3) is 0 Å². The lowest BCUT2D eigenvalue weighted by Gasteiger charge is -2.22. The summed E-state index contributed by atoms with van der Waals surface area (Å²) in [7, 11) is 0. The molecule has 4 nitrogen and oxygen atoms in total. The molecule has 1 aromatic heterocycles. The topological polar surface area (TPSA) is 71.9 Å². The second-order valence-electron chi connectivity index (χ2n) is 4.29. The third-order valence-corrected chi connectivity index (χ3v) is 2.68. The summed E-state index contributed by atoms with van der Waals surface area (Å²) in [5, 5.41) is 8.88. The van der Waals surface area contributed by atoms with Crippen molar-refractivity contribution in [2.24, 2.45) is 5.73 Å². The predicted molar refractivity (Wildman–Crippen MR) is 72.4 cm³/mol. The van der Waals surface area contributed by atoms with Crippen molar-refractivity contribution in [3.8, 4) is 11.8 Å². The van der Waals surface area contributed by atoms with Gasteiger partial charge in [0.05, 0.1) is 17.3 Å². The first kappa shape index (κ1) is 13.1. The smallest absolute Gasteiger partial charge is 0.155 e. The minimum atomic E-state index is -0.338. The molecule has 0 aliphatic rings. The van der Waals surface area contributed by atoms with Crippen molar-refractivity contribution in [2.75, 3.05) is 0 Å². The van der Waals surface area contributed by atoms with Crippen LogP contribution in [0.4, 0.5) is 0 Å². The van der Waals surface area contributed by atoms with Crippen LogP contribution in [0.15, 0.2) is 48.7 Å². The number of hydrogen-bond acceptors (Lipinski definition) is 4. The van der Waals surface area contributed by atoms with E-state index in [1.54, 1.807) is 30.5 Å². The van der Waals surface area contributed by atoms with E-state index in [9.17, 15) is 0 Å². The maximum Gasteiger partial charge on any atom is 0.155 e. The summed E-state index contributed by atoms with van der Waals surface area (Å²) in [5.41, 5.74) is 7.29. The highest BCUT2D eigenvalue weighted by atomic mass is 16.5. The second-order valence-corrected chi connectivity index (χ2v) is 4.29. The minimum absolute atomic E-state index is 0.208. The van der Waals surface area contributed by atoms with Gasteiger partial charge in [0.15, 0.2) is 6.10 Å². The Morgan fingerprint density at radius 2 is 2.11 bits per heavy atom. The number of ether oxygens (including phenoxy) is 1. The average molecular weight is 253 g/mol. The first-order valence-corrected chi connectivity index (χ1v) is 6.04. The van der Waals surface area contributed by atoms with Crippen LogP contribution in [0, 0.1) is 11.3 Å². The van der Waals surface area contributed by atoms with Gasteiger partial charge in [-0.1, -0.05) is 12.1 Å². The predicted octanol–water partition coefficient (Wildman–Crippen LogP) is 2.42. The van der Waals surface area contributed by atoms with E-state index in [-0.39, 0.29) is 12.1 Å². The maximum atomic E-state index is 8.88. The van der Waals surface area contributed by atoms with Crippen molar-refractivity contribution in [3.05, 3.63) is 59.9 Å². The molecule has 0 saturated carbocycles. The molecule has 0 saturated heterocycles. The molecule has 2 aromatic rings. The van der Waals surface area contributed by atoms with Crippen LogP contribution < -0.4 is 10.5 Å². The molecule has 96 valence electrons. The fourth-order valence-corrected chi connectivity index (χ4v) is 1.77. The Bertz CT molecular complexity index is 575. The lowest BCUT2D eigenvalue weighted by molar-refractivity contribution is 0.176. The Hall–Kier alpha value is -2.38. The van der Waals surface area contributed by atoms with Crippen LogP contribution in [0.3, 0.4) is 0 Å². The second kappa shape index (κ2) is 5.98. The standard InChI is InChI=1S/C15H15N3O/c1-11(17)15(14-7-2-3-8-18-14)19-13-6-4-5-12(9-13)10-16/h2-9,11,15H,17H2,1H3. The van der Waals surface area contributed by atoms with E-state index < -0.39 is 0 Å². The highest BCUT2D eigenvalue weighted by Gasteiger charge is 2.19. The number of rotatable bonds is 4. The monoisotopic (exact) mass is 253 g/mol. The van der Waals surface area contributed by atoms with Crippen molar-refractivity contribution in [1.29, 1.82) is 5.26 Å². The Kier molecular flexibility index (Phi) is 4.11. The average Bonchev–Trinajstić information content (AvgIpc) is 2.45. The van der Waals surface area contributed by atoms with Gasteiger partial charge >= 0.3 is 0 Å². The largest absolute Gasteiger partial charge is 0.482 e. The number of benzene rings is 1. The SMILES string of the molecule is CC(N)C(Oc1cccc(C#N)c1)c1ccccn1. The van der Waals surface area contributed by atoms with Crippen LogP contribution in [-0.4, -0.2) is 11.0 Å². The molecule has 0 bridgehead atoms. The zero-order chi connectivity index (χ0) is 13.7. The Morgan fingerprint density at radius 1 is 1.26 bits per heavy atom. The van der Waals surface area contributed by atoms with Crippen LogP contribution in [0.2, 0.25) is 0 Å². The summed E-state index contributed by atoms with van der Waals surface area (Å²) in [6.45, 7) is 1.87. The molecule has 0 fully saturated rings. The molecule has 0 aliphatic carbocycles. The van der Waals surface area contributed by atoms with Gasteiger partial charge in [0.1, 0.15) is 5.75 Å². The number of nitriles is 1. The van der Waals surface area contributed by atoms with E-state index in [0.717, 1.165) is 5.69 Å². The minimum Gasteiger partial charge on any atom is -0.482 e. The van der Waals surface area contributed by atoms with Crippen molar-refractivity contribution in [2.45, 2.75) is 19.1 Å². The van der Waals surface area contributed by atoms with E-state index in [1.165, 1.54) is 0 Å². The fourth-order valence-electron chi connectivity index (χ4n) is 1.77. The molecular formula is C15H15N3O. The van der Waals surface area contributed by atoms with Crippen LogP contribution in [0.1, 0.15) is 24.3 Å². The zero-order valence-corrected chi connectivity index (χ0v) is 10.7. The summed E-state index contributed by atoms with van der Waals surface area (Å²) in [5.74, 6) is 0.618. The molecule has 2 N–H and O–H groups in total. The molecule has 2 atom stereocenters. The van der Waals surface area contributed by atoms with Crippen molar-refractivity contribution in [1.82, 2.24) is 4.98 Å². The third kappa shape index (κ3) is 3.30. The van der Waals surface area contributed by atoms with Gasteiger partial charge in [-0.3, -0.25) is 4.98 Å². The molecule has 1 aromatic carbocycles. The molecule has 2 rings (SSSR count). The molecule has 0 aliphatic heterocycles. The van der Waals surface area contributed by atoms with Gasteiger partial charge in [0.2, 0.25) is 0 Å². The summed E-state index contributed by atoms with van der Waals surface area (Å²) in [6.07, 6.45) is 1.37. The summed E-state index contributed by atoms with van der Waals surface area (Å²) >= 11 is 0. The Balaban J connectivity index is 2.25. The van der Waals surface area contributed by atoms with Gasteiger partial charge in [0, 0.05) is 12.2 Å². The summed E-state index contributed by atoms with van der Waals surface area (Å²) in [4.78, 5) is 4.27. The van der Waals surface area contributed by atoms with E-state index in [1.807, 2.05) is 25.1 Å². The van der Waals surface area contributed by atoms with Crippen molar-refractivity contribution < 1.29 is 4.74 Å². The van der Waals surface area contributed by atoms with E-state index in [4.69, 9.17) is 15.7 Å². The molecule has 19 heavy (non-hydrogen) atoms. The number of hydrogen-bond donors (Lipinski definition) is 1. The van der Waals surface area contributed by atoms with Crippen molar-refractivity contribution in [3.63, 3.8) is 0 Å². The number of aromatic nitrogens is 1. The summed E-state index contributed by atoms with van der Waals surface area (Å²) in [6, 6.07) is 14.5. The Labute approximate surface area is 112 Å². The zero-order valence-electron chi connectivity index (χ0n) is 10.7. The first-order chi connectivity index (χ1) is 9.20. The van der Waals surface area contributed by atoms with Gasteiger partial charge in [0.25, 0.3) is 0 Å². The molecular weight excluding hydrogens is 238 g/mol. The normalized spacial score (nSPS) is 13.3. The Morgan fingerprint density at radius 3 is 2.74 bits per heavy atom. The van der Waals surface area contributed by atoms with Gasteiger partial charge in [-0.25, -0.2) is 0 Å². The molecule has 0 amide bonds. The van der Waals surface area contributed by atoms with E-state index in [2.05, 4.69) is 11.1 Å². The van der Waals surface area contributed by atoms with E-state index in [0.29, 0.717) is 11.3 Å². The van der Waals surface area contributed by atoms with Crippen LogP contribution in [-0.2, 0) is 0 Å². The van der Waals surface area contributed by atoms with Gasteiger partial charge in [-0.15, -0.1) is 0 Å². The van der Waals surface area contributed by atoms with Crippen LogP contribution >= 0.6 is 0 Å². The fraction of sp³-hybridized carbons (Fsp3) is 0.200. The van der Waals surface area contributed by atoms with Gasteiger partial charge in [-0.2, -0.15) is 5.26 Å². The molecule has 0 radical (unpaired) electrons. The summed E-state index contributed by atoms with van der Waals surface area (Å²) < 4.78 is 5.87. The molecule has 2 unspecified atom stereocenters. The highest BCUT2D eigenvalue weighted by Crippen LogP contribution is 2.23. The number of pyridine rings is 1. The van der Waals surface area contributed by atoms with Crippen molar-refractivity contribution >= 4 is 0 Å².